The van der Waals surface area contributed by atoms with Crippen LogP contribution in [0.1, 0.15) is 15.9 Å². The van der Waals surface area contributed by atoms with E-state index in [9.17, 15) is 14.7 Å². The quantitative estimate of drug-likeness (QED) is 0.532. The van der Waals surface area contributed by atoms with Gasteiger partial charge in [0.25, 0.3) is 5.91 Å². The minimum atomic E-state index is -0.925. The van der Waals surface area contributed by atoms with Gasteiger partial charge in [-0.1, -0.05) is 71.7 Å². The Bertz CT molecular complexity index is 1050. The molecule has 0 aliphatic rings. The molecule has 0 saturated carbocycles. The van der Waals surface area contributed by atoms with Crippen molar-refractivity contribution in [3.63, 3.8) is 0 Å². The van der Waals surface area contributed by atoms with Gasteiger partial charge < -0.3 is 15.2 Å². The Kier molecular flexibility index (Phi) is 6.98. The van der Waals surface area contributed by atoms with Gasteiger partial charge in [-0.2, -0.15) is 0 Å². The lowest BCUT2D eigenvalue weighted by Crippen LogP contribution is -2.43. The highest BCUT2D eigenvalue weighted by Gasteiger charge is 2.25. The molecular formula is C23H19Cl2NO4. The highest BCUT2D eigenvalue weighted by atomic mass is 35.5. The van der Waals surface area contributed by atoms with E-state index in [-0.39, 0.29) is 27.8 Å². The minimum absolute atomic E-state index is 0.102. The standard InChI is InChI=1S/C23H19Cl2NO4/c1-30-23(29)19(26-22(28)21-17(24)6-4-7-18(21)25)13-14-9-11-15(12-10-14)16-5-2-3-8-20(16)27/h2-12,19,27H,13H2,1H3,(H,26,28)/t19-/m0/s1. The molecule has 0 aliphatic carbocycles. The molecule has 30 heavy (non-hydrogen) atoms. The number of phenols is 1. The van der Waals surface area contributed by atoms with E-state index in [2.05, 4.69) is 5.32 Å². The van der Waals surface area contributed by atoms with E-state index < -0.39 is 17.9 Å². The number of benzene rings is 3. The topological polar surface area (TPSA) is 75.6 Å². The highest BCUT2D eigenvalue weighted by molar-refractivity contribution is 6.39. The Morgan fingerprint density at radius 2 is 1.60 bits per heavy atom. The van der Waals surface area contributed by atoms with Crippen LogP contribution in [0.15, 0.2) is 66.7 Å². The number of carbonyl (C=O) groups is 2. The van der Waals surface area contributed by atoms with E-state index in [0.717, 1.165) is 11.1 Å². The number of rotatable bonds is 6. The predicted molar refractivity (Wildman–Crippen MR) is 117 cm³/mol. The van der Waals surface area contributed by atoms with Crippen molar-refractivity contribution in [3.05, 3.63) is 87.9 Å². The van der Waals surface area contributed by atoms with Gasteiger partial charge in [-0.05, 0) is 29.3 Å². The second kappa shape index (κ2) is 9.65. The Hall–Kier alpha value is -3.02. The zero-order valence-corrected chi connectivity index (χ0v) is 17.6. The average Bonchev–Trinajstić information content (AvgIpc) is 2.73. The van der Waals surface area contributed by atoms with Gasteiger partial charge in [0.15, 0.2) is 0 Å². The molecule has 2 N–H and O–H groups in total. The molecule has 3 aromatic carbocycles. The molecule has 0 unspecified atom stereocenters. The molecule has 154 valence electrons. The van der Waals surface area contributed by atoms with E-state index in [1.165, 1.54) is 7.11 Å². The first-order chi connectivity index (χ1) is 14.4. The number of para-hydroxylation sites is 1. The van der Waals surface area contributed by atoms with Crippen molar-refractivity contribution in [1.29, 1.82) is 0 Å². The number of hydrogen-bond acceptors (Lipinski definition) is 4. The van der Waals surface area contributed by atoms with E-state index in [0.29, 0.717) is 5.56 Å². The summed E-state index contributed by atoms with van der Waals surface area (Å²) in [7, 11) is 1.26. The Labute approximate surface area is 184 Å². The first-order valence-corrected chi connectivity index (χ1v) is 9.86. The fraction of sp³-hybridized carbons (Fsp3) is 0.130. The SMILES string of the molecule is COC(=O)[C@H](Cc1ccc(-c2ccccc2O)cc1)NC(=O)c1c(Cl)cccc1Cl. The zero-order chi connectivity index (χ0) is 21.7. The van der Waals surface area contributed by atoms with E-state index >= 15 is 0 Å². The molecule has 0 fully saturated rings. The molecule has 0 saturated heterocycles. The first-order valence-electron chi connectivity index (χ1n) is 9.10. The van der Waals surface area contributed by atoms with Gasteiger partial charge in [0.1, 0.15) is 11.8 Å². The minimum Gasteiger partial charge on any atom is -0.507 e. The smallest absolute Gasteiger partial charge is 0.328 e. The number of hydrogen-bond donors (Lipinski definition) is 2. The van der Waals surface area contributed by atoms with Crippen molar-refractivity contribution in [2.45, 2.75) is 12.5 Å². The molecular weight excluding hydrogens is 425 g/mol. The largest absolute Gasteiger partial charge is 0.507 e. The number of methoxy groups -OCH3 is 1. The molecule has 0 aliphatic heterocycles. The van der Waals surface area contributed by atoms with Crippen LogP contribution in [0.3, 0.4) is 0 Å². The Morgan fingerprint density at radius 1 is 0.967 bits per heavy atom. The van der Waals surface area contributed by atoms with Gasteiger partial charge in [0.2, 0.25) is 0 Å². The van der Waals surface area contributed by atoms with E-state index in [1.54, 1.807) is 30.3 Å². The van der Waals surface area contributed by atoms with Crippen LogP contribution in [-0.4, -0.2) is 30.1 Å². The van der Waals surface area contributed by atoms with Gasteiger partial charge in [-0.25, -0.2) is 4.79 Å². The normalized spacial score (nSPS) is 11.6. The van der Waals surface area contributed by atoms with Crippen molar-refractivity contribution in [2.75, 3.05) is 7.11 Å². The maximum Gasteiger partial charge on any atom is 0.328 e. The summed E-state index contributed by atoms with van der Waals surface area (Å²) in [5.74, 6) is -0.968. The number of aromatic hydroxyl groups is 1. The summed E-state index contributed by atoms with van der Waals surface area (Å²) in [6.45, 7) is 0. The summed E-state index contributed by atoms with van der Waals surface area (Å²) in [6.07, 6.45) is 0.210. The predicted octanol–water partition coefficient (Wildman–Crippen LogP) is 4.88. The first kappa shape index (κ1) is 21.7. The molecule has 3 rings (SSSR count). The number of phenolic OH excluding ortho intramolecular Hbond substituents is 1. The van der Waals surface area contributed by atoms with Crippen molar-refractivity contribution in [1.82, 2.24) is 5.32 Å². The van der Waals surface area contributed by atoms with Gasteiger partial charge in [0.05, 0.1) is 22.7 Å². The lowest BCUT2D eigenvalue weighted by molar-refractivity contribution is -0.142. The van der Waals surface area contributed by atoms with Crippen LogP contribution in [0, 0.1) is 0 Å². The van der Waals surface area contributed by atoms with Crippen LogP contribution in [0.25, 0.3) is 11.1 Å². The number of amides is 1. The van der Waals surface area contributed by atoms with Gasteiger partial charge in [-0.3, -0.25) is 4.79 Å². The maximum atomic E-state index is 12.7. The Balaban J connectivity index is 1.79. The van der Waals surface area contributed by atoms with Crippen LogP contribution in [-0.2, 0) is 16.0 Å². The van der Waals surface area contributed by atoms with Gasteiger partial charge in [0, 0.05) is 12.0 Å². The lowest BCUT2D eigenvalue weighted by atomic mass is 10.00. The molecule has 1 amide bonds. The number of halogens is 2. The Morgan fingerprint density at radius 3 is 2.20 bits per heavy atom. The summed E-state index contributed by atoms with van der Waals surface area (Å²) in [5, 5.41) is 13.0. The van der Waals surface area contributed by atoms with Crippen molar-refractivity contribution >= 4 is 35.1 Å². The fourth-order valence-electron chi connectivity index (χ4n) is 3.05. The number of ether oxygens (including phenoxy) is 1. The molecule has 7 heteroatoms. The molecule has 0 bridgehead atoms. The van der Waals surface area contributed by atoms with Crippen LogP contribution in [0.2, 0.25) is 10.0 Å². The summed E-state index contributed by atoms with van der Waals surface area (Å²) in [5.41, 5.74) is 2.44. The van der Waals surface area contributed by atoms with Gasteiger partial charge >= 0.3 is 5.97 Å². The van der Waals surface area contributed by atoms with Gasteiger partial charge in [-0.15, -0.1) is 0 Å². The van der Waals surface area contributed by atoms with Crippen LogP contribution in [0.4, 0.5) is 0 Å². The third kappa shape index (κ3) is 4.93. The molecule has 0 spiro atoms. The molecule has 0 heterocycles. The molecule has 0 aromatic heterocycles. The summed E-state index contributed by atoms with van der Waals surface area (Å²) in [4.78, 5) is 24.9. The molecule has 0 radical (unpaired) electrons. The maximum absolute atomic E-state index is 12.7. The van der Waals surface area contributed by atoms with Crippen LogP contribution in [0.5, 0.6) is 5.75 Å². The van der Waals surface area contributed by atoms with Crippen LogP contribution >= 0.6 is 23.2 Å². The summed E-state index contributed by atoms with van der Waals surface area (Å²) < 4.78 is 4.84. The van der Waals surface area contributed by atoms with E-state index in [1.807, 2.05) is 36.4 Å². The second-order valence-corrected chi connectivity index (χ2v) is 7.38. The van der Waals surface area contributed by atoms with Crippen molar-refractivity contribution < 1.29 is 19.4 Å². The molecule has 3 aromatic rings. The van der Waals surface area contributed by atoms with Crippen molar-refractivity contribution in [3.8, 4) is 16.9 Å². The molecule has 1 atom stereocenters. The highest BCUT2D eigenvalue weighted by Crippen LogP contribution is 2.29. The zero-order valence-electron chi connectivity index (χ0n) is 16.1. The number of carbonyl (C=O) groups excluding carboxylic acids is 2. The monoisotopic (exact) mass is 443 g/mol. The lowest BCUT2D eigenvalue weighted by Gasteiger charge is -2.18. The van der Waals surface area contributed by atoms with Crippen molar-refractivity contribution in [2.24, 2.45) is 0 Å². The molecule has 5 nitrogen and oxygen atoms in total. The third-order valence-corrected chi connectivity index (χ3v) is 5.22. The number of esters is 1. The third-order valence-electron chi connectivity index (χ3n) is 4.59. The fourth-order valence-corrected chi connectivity index (χ4v) is 3.62. The van der Waals surface area contributed by atoms with Crippen LogP contribution < -0.4 is 5.32 Å². The summed E-state index contributed by atoms with van der Waals surface area (Å²) in [6, 6.07) is 18.2. The number of nitrogens with one attached hydrogen (secondary N) is 1. The summed E-state index contributed by atoms with van der Waals surface area (Å²) >= 11 is 12.2. The average molecular weight is 444 g/mol. The second-order valence-electron chi connectivity index (χ2n) is 6.56. The van der Waals surface area contributed by atoms with E-state index in [4.69, 9.17) is 27.9 Å².